The van der Waals surface area contributed by atoms with Crippen molar-refractivity contribution in [2.75, 3.05) is 7.11 Å². The highest BCUT2D eigenvalue weighted by molar-refractivity contribution is 5.98. The second-order valence-electron chi connectivity index (χ2n) is 6.26. The summed E-state index contributed by atoms with van der Waals surface area (Å²) in [4.78, 5) is 28.0. The summed E-state index contributed by atoms with van der Waals surface area (Å²) in [5, 5.41) is 4.56. The van der Waals surface area contributed by atoms with Gasteiger partial charge in [-0.15, -0.1) is 0 Å². The number of hydrogen-bond acceptors (Lipinski definition) is 4. The van der Waals surface area contributed by atoms with Crippen LogP contribution in [0.5, 0.6) is 0 Å². The number of furan rings is 1. The van der Waals surface area contributed by atoms with Gasteiger partial charge in [0.2, 0.25) is 0 Å². The average Bonchev–Trinajstić information content (AvgIpc) is 3.31. The van der Waals surface area contributed by atoms with Gasteiger partial charge in [0, 0.05) is 28.9 Å². The molecule has 0 unspecified atom stereocenters. The number of para-hydroxylation sites is 2. The number of aromatic nitrogens is 1. The van der Waals surface area contributed by atoms with Crippen molar-refractivity contribution >= 4 is 33.7 Å². The molecule has 0 saturated heterocycles. The standard InChI is InChI=1S/C21H18N2O4/c1-26-21(25)17(10-14-12-22-16-8-4-3-7-15(14)16)23-20(24)19-11-13-6-2-5-9-18(13)27-19/h2-9,11-12,17,22H,10H2,1H3,(H,23,24)/t17-/m0/s1. The highest BCUT2D eigenvalue weighted by Crippen LogP contribution is 2.21. The summed E-state index contributed by atoms with van der Waals surface area (Å²) in [7, 11) is 1.30. The zero-order valence-electron chi connectivity index (χ0n) is 14.7. The number of carbonyl (C=O) groups is 2. The first-order valence-corrected chi connectivity index (χ1v) is 8.58. The first-order valence-electron chi connectivity index (χ1n) is 8.58. The van der Waals surface area contributed by atoms with E-state index in [2.05, 4.69) is 10.3 Å². The number of benzene rings is 2. The van der Waals surface area contributed by atoms with Crippen molar-refractivity contribution in [3.8, 4) is 0 Å². The first-order chi connectivity index (χ1) is 13.2. The van der Waals surface area contributed by atoms with Crippen molar-refractivity contribution in [3.05, 3.63) is 72.1 Å². The van der Waals surface area contributed by atoms with Crippen LogP contribution in [0.25, 0.3) is 21.9 Å². The Morgan fingerprint density at radius 2 is 1.93 bits per heavy atom. The van der Waals surface area contributed by atoms with Crippen LogP contribution in [-0.2, 0) is 16.0 Å². The Morgan fingerprint density at radius 3 is 2.74 bits per heavy atom. The van der Waals surface area contributed by atoms with Gasteiger partial charge in [-0.25, -0.2) is 4.79 Å². The van der Waals surface area contributed by atoms with Crippen LogP contribution in [0.2, 0.25) is 0 Å². The number of fused-ring (bicyclic) bond motifs is 2. The molecule has 2 heterocycles. The zero-order chi connectivity index (χ0) is 18.8. The molecule has 0 aliphatic heterocycles. The topological polar surface area (TPSA) is 84.3 Å². The molecule has 1 atom stereocenters. The molecular weight excluding hydrogens is 344 g/mol. The minimum absolute atomic E-state index is 0.157. The summed E-state index contributed by atoms with van der Waals surface area (Å²) in [5.74, 6) is -0.810. The Hall–Kier alpha value is -3.54. The Morgan fingerprint density at radius 1 is 1.15 bits per heavy atom. The number of esters is 1. The first kappa shape index (κ1) is 16.9. The zero-order valence-corrected chi connectivity index (χ0v) is 14.7. The van der Waals surface area contributed by atoms with Gasteiger partial charge in [0.25, 0.3) is 5.91 Å². The number of ether oxygens (including phenoxy) is 1. The molecule has 27 heavy (non-hydrogen) atoms. The smallest absolute Gasteiger partial charge is 0.328 e. The number of methoxy groups -OCH3 is 1. The molecule has 0 bridgehead atoms. The predicted octanol–water partition coefficient (Wildman–Crippen LogP) is 3.43. The Kier molecular flexibility index (Phi) is 4.38. The molecule has 2 N–H and O–H groups in total. The highest BCUT2D eigenvalue weighted by Gasteiger charge is 2.25. The Labute approximate surface area is 155 Å². The van der Waals surface area contributed by atoms with Gasteiger partial charge in [0.1, 0.15) is 11.6 Å². The molecule has 4 rings (SSSR count). The molecule has 0 aliphatic carbocycles. The van der Waals surface area contributed by atoms with E-state index in [9.17, 15) is 9.59 Å². The molecule has 0 fully saturated rings. The molecule has 0 saturated carbocycles. The molecule has 6 heteroatoms. The maximum Gasteiger partial charge on any atom is 0.328 e. The molecule has 2 aromatic carbocycles. The maximum atomic E-state index is 12.6. The minimum atomic E-state index is -0.824. The fourth-order valence-electron chi connectivity index (χ4n) is 3.18. The number of H-pyrrole nitrogens is 1. The van der Waals surface area contributed by atoms with Gasteiger partial charge in [-0.05, 0) is 23.8 Å². The Balaban J connectivity index is 1.58. The largest absolute Gasteiger partial charge is 0.467 e. The van der Waals surface area contributed by atoms with Gasteiger partial charge < -0.3 is 19.5 Å². The molecule has 136 valence electrons. The third-order valence-corrected chi connectivity index (χ3v) is 4.54. The van der Waals surface area contributed by atoms with Crippen LogP contribution in [0.3, 0.4) is 0 Å². The van der Waals surface area contributed by atoms with E-state index in [1.54, 1.807) is 12.1 Å². The van der Waals surface area contributed by atoms with E-state index in [0.29, 0.717) is 12.0 Å². The molecular formula is C21H18N2O4. The summed E-state index contributed by atoms with van der Waals surface area (Å²) in [6.07, 6.45) is 2.15. The number of rotatable bonds is 5. The molecule has 2 aromatic heterocycles. The van der Waals surface area contributed by atoms with E-state index < -0.39 is 17.9 Å². The predicted molar refractivity (Wildman–Crippen MR) is 101 cm³/mol. The van der Waals surface area contributed by atoms with Crippen molar-refractivity contribution in [1.29, 1.82) is 0 Å². The quantitative estimate of drug-likeness (QED) is 0.533. The van der Waals surface area contributed by atoms with Crippen LogP contribution in [0.15, 0.2) is 65.2 Å². The highest BCUT2D eigenvalue weighted by atomic mass is 16.5. The van der Waals surface area contributed by atoms with Crippen molar-refractivity contribution < 1.29 is 18.7 Å². The molecule has 0 aliphatic rings. The van der Waals surface area contributed by atoms with Crippen molar-refractivity contribution in [3.63, 3.8) is 0 Å². The van der Waals surface area contributed by atoms with Crippen molar-refractivity contribution in [2.45, 2.75) is 12.5 Å². The lowest BCUT2D eigenvalue weighted by Gasteiger charge is -2.15. The summed E-state index contributed by atoms with van der Waals surface area (Å²) in [6, 6.07) is 16.0. The number of aromatic amines is 1. The number of hydrogen-bond donors (Lipinski definition) is 2. The van der Waals surface area contributed by atoms with Crippen LogP contribution in [-0.4, -0.2) is 30.0 Å². The van der Waals surface area contributed by atoms with E-state index in [1.807, 2.05) is 48.7 Å². The lowest BCUT2D eigenvalue weighted by Crippen LogP contribution is -2.42. The van der Waals surface area contributed by atoms with E-state index in [1.165, 1.54) is 7.11 Å². The van der Waals surface area contributed by atoms with Crippen LogP contribution in [0.4, 0.5) is 0 Å². The van der Waals surface area contributed by atoms with Crippen molar-refractivity contribution in [1.82, 2.24) is 10.3 Å². The Bertz CT molecular complexity index is 1090. The SMILES string of the molecule is COC(=O)[C@H](Cc1c[nH]c2ccccc12)NC(=O)c1cc2ccccc2o1. The van der Waals surface area contributed by atoms with Crippen LogP contribution in [0, 0.1) is 0 Å². The van der Waals surface area contributed by atoms with E-state index >= 15 is 0 Å². The van der Waals surface area contributed by atoms with E-state index in [0.717, 1.165) is 21.9 Å². The minimum Gasteiger partial charge on any atom is -0.467 e. The van der Waals surface area contributed by atoms with Crippen LogP contribution < -0.4 is 5.32 Å². The lowest BCUT2D eigenvalue weighted by molar-refractivity contribution is -0.142. The van der Waals surface area contributed by atoms with Gasteiger partial charge in [0.05, 0.1) is 7.11 Å². The molecule has 0 spiro atoms. The molecule has 4 aromatic rings. The summed E-state index contributed by atoms with van der Waals surface area (Å²) in [5.41, 5.74) is 2.51. The number of amides is 1. The average molecular weight is 362 g/mol. The summed E-state index contributed by atoms with van der Waals surface area (Å²) in [6.45, 7) is 0. The monoisotopic (exact) mass is 362 g/mol. The van der Waals surface area contributed by atoms with Gasteiger partial charge in [-0.3, -0.25) is 4.79 Å². The van der Waals surface area contributed by atoms with Crippen LogP contribution in [0.1, 0.15) is 16.1 Å². The van der Waals surface area contributed by atoms with Gasteiger partial charge in [-0.2, -0.15) is 0 Å². The normalized spacial score (nSPS) is 12.2. The van der Waals surface area contributed by atoms with Crippen LogP contribution >= 0.6 is 0 Å². The molecule has 0 radical (unpaired) electrons. The third kappa shape index (κ3) is 3.29. The summed E-state index contributed by atoms with van der Waals surface area (Å²) >= 11 is 0. The van der Waals surface area contributed by atoms with Gasteiger partial charge in [-0.1, -0.05) is 36.4 Å². The molecule has 1 amide bonds. The van der Waals surface area contributed by atoms with Gasteiger partial charge >= 0.3 is 5.97 Å². The number of nitrogens with one attached hydrogen (secondary N) is 2. The maximum absolute atomic E-state index is 12.6. The lowest BCUT2D eigenvalue weighted by atomic mass is 10.0. The van der Waals surface area contributed by atoms with E-state index in [-0.39, 0.29) is 5.76 Å². The second kappa shape index (κ2) is 6.99. The number of carbonyl (C=O) groups excluding carboxylic acids is 2. The summed E-state index contributed by atoms with van der Waals surface area (Å²) < 4.78 is 10.5. The second-order valence-corrected chi connectivity index (χ2v) is 6.26. The van der Waals surface area contributed by atoms with Crippen molar-refractivity contribution in [2.24, 2.45) is 0 Å². The fourth-order valence-corrected chi connectivity index (χ4v) is 3.18. The van der Waals surface area contributed by atoms with Gasteiger partial charge in [0.15, 0.2) is 5.76 Å². The molecule has 6 nitrogen and oxygen atoms in total. The van der Waals surface area contributed by atoms with E-state index in [4.69, 9.17) is 9.15 Å². The fraction of sp³-hybridized carbons (Fsp3) is 0.143. The third-order valence-electron chi connectivity index (χ3n) is 4.54.